The third-order valence-corrected chi connectivity index (χ3v) is 1.11. The fraction of sp³-hybridized carbons (Fsp3) is 0.800. The Hall–Kier alpha value is -0.610. The van der Waals surface area contributed by atoms with Crippen LogP contribution in [-0.2, 0) is 4.79 Å². The number of carboxylic acid groups (broad SMARTS) is 1. The lowest BCUT2D eigenvalue weighted by atomic mass is 10.1. The van der Waals surface area contributed by atoms with E-state index in [9.17, 15) is 4.79 Å². The molecule has 0 saturated carbocycles. The molecule has 0 unspecified atom stereocenters. The highest BCUT2D eigenvalue weighted by molar-refractivity contribution is 5.73. The third kappa shape index (κ3) is 2.43. The Morgan fingerprint density at radius 3 is 2.11 bits per heavy atom. The average molecular weight is 132 g/mol. The van der Waals surface area contributed by atoms with Gasteiger partial charge in [-0.15, -0.1) is 0 Å². The van der Waals surface area contributed by atoms with E-state index in [0.29, 0.717) is 0 Å². The van der Waals surface area contributed by atoms with Gasteiger partial charge in [0.15, 0.2) is 0 Å². The number of hydrogen-bond donors (Lipinski definition) is 3. The number of carbonyl (C=O) groups is 1. The van der Waals surface area contributed by atoms with Gasteiger partial charge in [-0.1, -0.05) is 13.8 Å². The van der Waals surface area contributed by atoms with Gasteiger partial charge in [0, 0.05) is 0 Å². The lowest BCUT2D eigenvalue weighted by Gasteiger charge is -2.13. The highest BCUT2D eigenvalue weighted by Crippen LogP contribution is 1.98. The number of hydrogen-bond acceptors (Lipinski definition) is 3. The van der Waals surface area contributed by atoms with Crippen molar-refractivity contribution in [1.29, 1.82) is 0 Å². The predicted molar refractivity (Wildman–Crippen MR) is 33.6 cm³/mol. The van der Waals surface area contributed by atoms with Gasteiger partial charge >= 0.3 is 5.97 Å². The molecule has 4 heteroatoms. The summed E-state index contributed by atoms with van der Waals surface area (Å²) in [5.41, 5.74) is 2.20. The highest BCUT2D eigenvalue weighted by atomic mass is 16.4. The second kappa shape index (κ2) is 3.42. The van der Waals surface area contributed by atoms with Crippen LogP contribution in [0.15, 0.2) is 0 Å². The Morgan fingerprint density at radius 1 is 1.67 bits per heavy atom. The molecule has 1 atom stereocenters. The molecule has 0 amide bonds. The zero-order valence-corrected chi connectivity index (χ0v) is 5.59. The van der Waals surface area contributed by atoms with Crippen molar-refractivity contribution in [3.63, 3.8) is 0 Å². The van der Waals surface area contributed by atoms with Crippen LogP contribution in [0.1, 0.15) is 13.8 Å². The maximum Gasteiger partial charge on any atom is 0.322 e. The van der Waals surface area contributed by atoms with E-state index in [2.05, 4.69) is 5.43 Å². The van der Waals surface area contributed by atoms with Crippen molar-refractivity contribution in [1.82, 2.24) is 5.43 Å². The summed E-state index contributed by atoms with van der Waals surface area (Å²) >= 11 is 0. The molecule has 0 heterocycles. The van der Waals surface area contributed by atoms with E-state index < -0.39 is 12.0 Å². The number of nitrogens with one attached hydrogen (secondary N) is 1. The number of hydrazine groups is 1. The lowest BCUT2D eigenvalue weighted by molar-refractivity contribution is -0.140. The van der Waals surface area contributed by atoms with Crippen LogP contribution >= 0.6 is 0 Å². The van der Waals surface area contributed by atoms with Gasteiger partial charge in [-0.3, -0.25) is 10.6 Å². The van der Waals surface area contributed by atoms with Crippen LogP contribution in [0.5, 0.6) is 0 Å². The van der Waals surface area contributed by atoms with Crippen LogP contribution in [0, 0.1) is 5.92 Å². The summed E-state index contributed by atoms with van der Waals surface area (Å²) in [6.45, 7) is 3.58. The molecule has 0 aliphatic carbocycles. The molecule has 9 heavy (non-hydrogen) atoms. The zero-order valence-electron chi connectivity index (χ0n) is 5.59. The van der Waals surface area contributed by atoms with Crippen LogP contribution in [-0.4, -0.2) is 17.1 Å². The van der Waals surface area contributed by atoms with E-state index in [0.717, 1.165) is 0 Å². The zero-order chi connectivity index (χ0) is 7.44. The van der Waals surface area contributed by atoms with Gasteiger partial charge in [-0.2, -0.15) is 0 Å². The van der Waals surface area contributed by atoms with E-state index in [1.165, 1.54) is 0 Å². The molecule has 4 N–H and O–H groups in total. The van der Waals surface area contributed by atoms with Crippen LogP contribution in [0.4, 0.5) is 0 Å². The Bertz CT molecular complexity index is 103. The number of aliphatic carboxylic acids is 1. The second-order valence-electron chi connectivity index (χ2n) is 2.23. The summed E-state index contributed by atoms with van der Waals surface area (Å²) in [6, 6.07) is -0.634. The monoisotopic (exact) mass is 132 g/mol. The van der Waals surface area contributed by atoms with Gasteiger partial charge in [0.25, 0.3) is 0 Å². The third-order valence-electron chi connectivity index (χ3n) is 1.11. The van der Waals surface area contributed by atoms with Crippen LogP contribution in [0.3, 0.4) is 0 Å². The van der Waals surface area contributed by atoms with Gasteiger partial charge in [-0.05, 0) is 5.92 Å². The molecule has 0 bridgehead atoms. The van der Waals surface area contributed by atoms with Gasteiger partial charge in [0.1, 0.15) is 6.04 Å². The highest BCUT2D eigenvalue weighted by Gasteiger charge is 2.18. The molecular formula is C5H12N2O2. The summed E-state index contributed by atoms with van der Waals surface area (Å²) in [5, 5.41) is 8.40. The first kappa shape index (κ1) is 8.39. The van der Waals surface area contributed by atoms with Crippen LogP contribution < -0.4 is 11.3 Å². The fourth-order valence-corrected chi connectivity index (χ4v) is 0.549. The maximum atomic E-state index is 10.2. The van der Waals surface area contributed by atoms with E-state index >= 15 is 0 Å². The predicted octanol–water partition coefficient (Wildman–Crippen LogP) is -0.441. The van der Waals surface area contributed by atoms with Crippen molar-refractivity contribution >= 4 is 5.97 Å². The summed E-state index contributed by atoms with van der Waals surface area (Å²) in [5.74, 6) is 4.05. The average Bonchev–Trinajstić information content (AvgIpc) is 1.64. The Labute approximate surface area is 54.0 Å². The van der Waals surface area contributed by atoms with Crippen LogP contribution in [0.25, 0.3) is 0 Å². The van der Waals surface area contributed by atoms with Crippen molar-refractivity contribution in [3.8, 4) is 0 Å². The van der Waals surface area contributed by atoms with Crippen molar-refractivity contribution in [2.45, 2.75) is 19.9 Å². The first-order valence-electron chi connectivity index (χ1n) is 2.78. The largest absolute Gasteiger partial charge is 0.480 e. The molecule has 0 aromatic heterocycles. The summed E-state index contributed by atoms with van der Waals surface area (Å²) in [7, 11) is 0. The fourth-order valence-electron chi connectivity index (χ4n) is 0.549. The minimum absolute atomic E-state index is 0.0208. The maximum absolute atomic E-state index is 10.2. The molecule has 0 aliphatic heterocycles. The smallest absolute Gasteiger partial charge is 0.322 e. The molecule has 0 fully saturated rings. The molecule has 0 rings (SSSR count). The molecule has 4 nitrogen and oxygen atoms in total. The normalized spacial score (nSPS) is 13.8. The van der Waals surface area contributed by atoms with Gasteiger partial charge in [0.2, 0.25) is 0 Å². The lowest BCUT2D eigenvalue weighted by Crippen LogP contribution is -2.44. The Balaban J connectivity index is 3.83. The molecule has 0 saturated heterocycles. The van der Waals surface area contributed by atoms with E-state index in [4.69, 9.17) is 10.9 Å². The quantitative estimate of drug-likeness (QED) is 0.359. The molecule has 0 spiro atoms. The number of nitrogens with two attached hydrogens (primary N) is 1. The standard InChI is InChI=1S/C5H12N2O2/c1-3(2)4(7-6)5(8)9/h3-4,7H,6H2,1-2H3,(H,8,9)/t4-/m0/s1. The molecule has 0 aromatic carbocycles. The first-order chi connectivity index (χ1) is 4.09. The Kier molecular flexibility index (Phi) is 3.19. The molecule has 0 aromatic rings. The second-order valence-corrected chi connectivity index (χ2v) is 2.23. The minimum Gasteiger partial charge on any atom is -0.480 e. The first-order valence-corrected chi connectivity index (χ1v) is 2.78. The van der Waals surface area contributed by atoms with E-state index in [-0.39, 0.29) is 5.92 Å². The minimum atomic E-state index is -0.910. The van der Waals surface area contributed by atoms with Gasteiger partial charge in [-0.25, -0.2) is 5.43 Å². The van der Waals surface area contributed by atoms with Gasteiger partial charge < -0.3 is 5.11 Å². The van der Waals surface area contributed by atoms with Crippen LogP contribution in [0.2, 0.25) is 0 Å². The van der Waals surface area contributed by atoms with E-state index in [1.54, 1.807) is 13.8 Å². The van der Waals surface area contributed by atoms with Crippen molar-refractivity contribution in [2.24, 2.45) is 11.8 Å². The molecule has 0 radical (unpaired) electrons. The number of rotatable bonds is 3. The SMILES string of the molecule is CC(C)[C@H](NN)C(=O)O. The van der Waals surface area contributed by atoms with Crippen molar-refractivity contribution in [2.75, 3.05) is 0 Å². The van der Waals surface area contributed by atoms with Crippen molar-refractivity contribution in [3.05, 3.63) is 0 Å². The summed E-state index contributed by atoms with van der Waals surface area (Å²) in [6.07, 6.45) is 0. The molecular weight excluding hydrogens is 120 g/mol. The topological polar surface area (TPSA) is 75.3 Å². The molecule has 0 aliphatic rings. The van der Waals surface area contributed by atoms with Crippen molar-refractivity contribution < 1.29 is 9.90 Å². The Morgan fingerprint density at radius 2 is 2.11 bits per heavy atom. The summed E-state index contributed by atoms with van der Waals surface area (Å²) < 4.78 is 0. The van der Waals surface area contributed by atoms with Gasteiger partial charge in [0.05, 0.1) is 0 Å². The number of carboxylic acids is 1. The summed E-state index contributed by atoms with van der Waals surface area (Å²) in [4.78, 5) is 10.2. The molecule has 54 valence electrons. The van der Waals surface area contributed by atoms with E-state index in [1.807, 2.05) is 0 Å².